The molecule has 4 rings (SSSR count). The van der Waals surface area contributed by atoms with Crippen molar-refractivity contribution in [3.63, 3.8) is 0 Å². The van der Waals surface area contributed by atoms with Gasteiger partial charge in [-0.25, -0.2) is 0 Å². The predicted molar refractivity (Wildman–Crippen MR) is 77.6 cm³/mol. The molecule has 0 radical (unpaired) electrons. The summed E-state index contributed by atoms with van der Waals surface area (Å²) in [6.07, 6.45) is 1.40. The molecule has 3 heteroatoms. The van der Waals surface area contributed by atoms with Gasteiger partial charge in [-0.1, -0.05) is 30.3 Å². The quantitative estimate of drug-likeness (QED) is 0.666. The summed E-state index contributed by atoms with van der Waals surface area (Å²) in [5.41, 5.74) is 4.26. The second-order valence-corrected chi connectivity index (χ2v) is 4.78. The predicted octanol–water partition coefficient (Wildman–Crippen LogP) is 3.94. The van der Waals surface area contributed by atoms with Gasteiger partial charge >= 0.3 is 0 Å². The van der Waals surface area contributed by atoms with Gasteiger partial charge in [0.2, 0.25) is 6.29 Å². The average molecular weight is 263 g/mol. The maximum atomic E-state index is 5.97. The molecule has 0 amide bonds. The summed E-state index contributed by atoms with van der Waals surface area (Å²) in [7, 11) is 1.66. The van der Waals surface area contributed by atoms with Crippen molar-refractivity contribution >= 4 is 10.9 Å². The lowest BCUT2D eigenvalue weighted by Gasteiger charge is -2.28. The summed E-state index contributed by atoms with van der Waals surface area (Å²) in [5, 5.41) is 1.08. The number of ether oxygens (including phenoxy) is 2. The molecule has 0 saturated carbocycles. The minimum absolute atomic E-state index is 0.396. The molecule has 0 spiro atoms. The number of benzene rings is 2. The molecule has 1 unspecified atom stereocenters. The second-order valence-electron chi connectivity index (χ2n) is 4.78. The van der Waals surface area contributed by atoms with E-state index in [-0.39, 0.29) is 0 Å². The highest BCUT2D eigenvalue weighted by atomic mass is 16.7. The van der Waals surface area contributed by atoms with Crippen molar-refractivity contribution in [3.05, 3.63) is 60.3 Å². The third-order valence-corrected chi connectivity index (χ3v) is 3.69. The lowest BCUT2D eigenvalue weighted by molar-refractivity contribution is -0.0567. The number of nitrogens with zero attached hydrogens (tertiary/aromatic N) is 1. The fourth-order valence-corrected chi connectivity index (χ4v) is 2.80. The van der Waals surface area contributed by atoms with Crippen LogP contribution in [0.1, 0.15) is 11.9 Å². The van der Waals surface area contributed by atoms with Crippen molar-refractivity contribution in [2.45, 2.75) is 6.29 Å². The summed E-state index contributed by atoms with van der Waals surface area (Å²) in [4.78, 5) is 4.40. The number of aromatic nitrogens is 1. The van der Waals surface area contributed by atoms with Gasteiger partial charge in [-0.05, 0) is 23.8 Å². The average Bonchev–Trinajstić information content (AvgIpc) is 2.53. The van der Waals surface area contributed by atoms with Crippen LogP contribution >= 0.6 is 0 Å². The topological polar surface area (TPSA) is 31.4 Å². The second kappa shape index (κ2) is 4.32. The molecule has 1 aliphatic rings. The Morgan fingerprint density at radius 1 is 1.00 bits per heavy atom. The fourth-order valence-electron chi connectivity index (χ4n) is 2.80. The molecular formula is C17H13NO2. The summed E-state index contributed by atoms with van der Waals surface area (Å²) < 4.78 is 11.5. The Morgan fingerprint density at radius 3 is 2.80 bits per heavy atom. The van der Waals surface area contributed by atoms with Crippen molar-refractivity contribution in [1.29, 1.82) is 0 Å². The summed E-state index contributed by atoms with van der Waals surface area (Å²) >= 11 is 0. The number of para-hydroxylation sites is 1. The van der Waals surface area contributed by atoms with Crippen LogP contribution in [0.4, 0.5) is 0 Å². The van der Waals surface area contributed by atoms with Gasteiger partial charge < -0.3 is 9.47 Å². The molecule has 3 nitrogen and oxygen atoms in total. The van der Waals surface area contributed by atoms with Crippen LogP contribution in [0, 0.1) is 0 Å². The Balaban J connectivity index is 2.10. The summed E-state index contributed by atoms with van der Waals surface area (Å²) in [6.45, 7) is 0. The lowest BCUT2D eigenvalue weighted by Crippen LogP contribution is -2.16. The van der Waals surface area contributed by atoms with Crippen LogP contribution in [0.2, 0.25) is 0 Å². The molecule has 0 fully saturated rings. The van der Waals surface area contributed by atoms with E-state index in [1.54, 1.807) is 13.3 Å². The third kappa shape index (κ3) is 1.53. The zero-order valence-electron chi connectivity index (χ0n) is 11.0. The number of hydrogen-bond donors (Lipinski definition) is 0. The van der Waals surface area contributed by atoms with Gasteiger partial charge in [-0.2, -0.15) is 0 Å². The molecule has 20 heavy (non-hydrogen) atoms. The van der Waals surface area contributed by atoms with Crippen molar-refractivity contribution in [2.24, 2.45) is 0 Å². The van der Waals surface area contributed by atoms with E-state index in [0.29, 0.717) is 0 Å². The Labute approximate surface area is 116 Å². The first-order valence-corrected chi connectivity index (χ1v) is 6.55. The van der Waals surface area contributed by atoms with E-state index in [1.807, 2.05) is 30.3 Å². The molecule has 1 atom stereocenters. The van der Waals surface area contributed by atoms with Gasteiger partial charge in [-0.15, -0.1) is 0 Å². The van der Waals surface area contributed by atoms with Crippen molar-refractivity contribution < 1.29 is 9.47 Å². The highest BCUT2D eigenvalue weighted by Crippen LogP contribution is 2.44. The lowest BCUT2D eigenvalue weighted by atomic mass is 9.93. The van der Waals surface area contributed by atoms with Crippen molar-refractivity contribution in [3.8, 4) is 16.9 Å². The van der Waals surface area contributed by atoms with Crippen LogP contribution in [-0.4, -0.2) is 12.1 Å². The molecule has 1 aromatic heterocycles. The van der Waals surface area contributed by atoms with Crippen LogP contribution in [-0.2, 0) is 4.74 Å². The normalized spacial score (nSPS) is 16.4. The van der Waals surface area contributed by atoms with Crippen LogP contribution < -0.4 is 4.74 Å². The van der Waals surface area contributed by atoms with Crippen LogP contribution in [0.5, 0.6) is 5.75 Å². The van der Waals surface area contributed by atoms with E-state index in [2.05, 4.69) is 23.2 Å². The zero-order chi connectivity index (χ0) is 13.5. The largest absolute Gasteiger partial charge is 0.460 e. The van der Waals surface area contributed by atoms with E-state index in [0.717, 1.165) is 33.3 Å². The standard InChI is InChI=1S/C17H13NO2/c1-19-17-16-12(11-5-2-3-7-15(11)20-17)8-9-14-13(16)6-4-10-18-14/h2-10,17H,1H3. The Morgan fingerprint density at radius 2 is 1.90 bits per heavy atom. The Hall–Kier alpha value is -2.39. The number of hydrogen-bond acceptors (Lipinski definition) is 3. The molecule has 2 aromatic carbocycles. The SMILES string of the molecule is COC1Oc2ccccc2-c2ccc3ncccc3c21. The monoisotopic (exact) mass is 263 g/mol. The molecule has 0 bridgehead atoms. The maximum Gasteiger partial charge on any atom is 0.227 e. The Kier molecular flexibility index (Phi) is 2.47. The van der Waals surface area contributed by atoms with E-state index in [4.69, 9.17) is 9.47 Å². The molecule has 2 heterocycles. The maximum absolute atomic E-state index is 5.97. The number of rotatable bonds is 1. The smallest absolute Gasteiger partial charge is 0.227 e. The fraction of sp³-hybridized carbons (Fsp3) is 0.118. The van der Waals surface area contributed by atoms with Crippen molar-refractivity contribution in [1.82, 2.24) is 4.98 Å². The van der Waals surface area contributed by atoms with Crippen LogP contribution in [0.25, 0.3) is 22.0 Å². The number of fused-ring (bicyclic) bond motifs is 5. The molecule has 98 valence electrons. The van der Waals surface area contributed by atoms with Gasteiger partial charge in [-0.3, -0.25) is 4.98 Å². The number of methoxy groups -OCH3 is 1. The molecule has 3 aromatic rings. The summed E-state index contributed by atoms with van der Waals surface area (Å²) in [5.74, 6) is 0.857. The van der Waals surface area contributed by atoms with Gasteiger partial charge in [0.15, 0.2) is 0 Å². The van der Waals surface area contributed by atoms with Crippen molar-refractivity contribution in [2.75, 3.05) is 7.11 Å². The molecule has 0 N–H and O–H groups in total. The Bertz CT molecular complexity index is 798. The minimum Gasteiger partial charge on any atom is -0.460 e. The van der Waals surface area contributed by atoms with Gasteiger partial charge in [0, 0.05) is 29.8 Å². The van der Waals surface area contributed by atoms with Crippen LogP contribution in [0.15, 0.2) is 54.7 Å². The summed E-state index contributed by atoms with van der Waals surface area (Å²) in [6, 6.07) is 16.2. The van der Waals surface area contributed by atoms with E-state index >= 15 is 0 Å². The van der Waals surface area contributed by atoms with E-state index in [9.17, 15) is 0 Å². The van der Waals surface area contributed by atoms with Gasteiger partial charge in [0.05, 0.1) is 5.52 Å². The van der Waals surface area contributed by atoms with Crippen LogP contribution in [0.3, 0.4) is 0 Å². The first kappa shape index (κ1) is 11.4. The van der Waals surface area contributed by atoms with E-state index in [1.165, 1.54) is 0 Å². The number of pyridine rings is 1. The molecule has 0 aliphatic carbocycles. The first-order chi connectivity index (χ1) is 9.88. The van der Waals surface area contributed by atoms with E-state index < -0.39 is 6.29 Å². The van der Waals surface area contributed by atoms with Gasteiger partial charge in [0.1, 0.15) is 5.75 Å². The third-order valence-electron chi connectivity index (χ3n) is 3.69. The first-order valence-electron chi connectivity index (χ1n) is 6.55. The molecule has 0 saturated heterocycles. The minimum atomic E-state index is -0.396. The highest BCUT2D eigenvalue weighted by Gasteiger charge is 2.27. The molecule has 1 aliphatic heterocycles. The molecular weight excluding hydrogens is 250 g/mol. The highest BCUT2D eigenvalue weighted by molar-refractivity contribution is 5.91. The zero-order valence-corrected chi connectivity index (χ0v) is 11.0. The van der Waals surface area contributed by atoms with Gasteiger partial charge in [0.25, 0.3) is 0 Å².